The predicted octanol–water partition coefficient (Wildman–Crippen LogP) is 1.64. The molecule has 0 spiro atoms. The molecule has 0 heterocycles. The van der Waals surface area contributed by atoms with Gasteiger partial charge in [-0.3, -0.25) is 0 Å². The molecule has 0 saturated carbocycles. The third kappa shape index (κ3) is 3.73. The number of primary sulfonamides is 1. The van der Waals surface area contributed by atoms with Crippen LogP contribution in [0, 0.1) is 6.92 Å². The zero-order valence-corrected chi connectivity index (χ0v) is 13.9. The summed E-state index contributed by atoms with van der Waals surface area (Å²) >= 11 is 0. The quantitative estimate of drug-likeness (QED) is 0.916. The second-order valence-corrected chi connectivity index (χ2v) is 8.72. The van der Waals surface area contributed by atoms with E-state index in [9.17, 15) is 16.8 Å². The fourth-order valence-electron chi connectivity index (χ4n) is 2.29. The van der Waals surface area contributed by atoms with Crippen LogP contribution in [0.4, 0.5) is 0 Å². The number of benzene rings is 2. The van der Waals surface area contributed by atoms with E-state index in [0.717, 1.165) is 6.26 Å². The highest BCUT2D eigenvalue weighted by Gasteiger charge is 2.15. The molecule has 0 unspecified atom stereocenters. The Bertz CT molecular complexity index is 916. The van der Waals surface area contributed by atoms with E-state index in [1.54, 1.807) is 43.3 Å². The van der Waals surface area contributed by atoms with E-state index in [1.807, 2.05) is 0 Å². The molecular formula is C15H17NO4S2. The Morgan fingerprint density at radius 2 is 1.59 bits per heavy atom. The summed E-state index contributed by atoms with van der Waals surface area (Å²) in [6.45, 7) is 1.66. The van der Waals surface area contributed by atoms with Crippen LogP contribution in [0.3, 0.4) is 0 Å². The normalized spacial score (nSPS) is 12.3. The summed E-state index contributed by atoms with van der Waals surface area (Å²) in [5, 5.41) is 5.20. The van der Waals surface area contributed by atoms with E-state index < -0.39 is 19.9 Å². The van der Waals surface area contributed by atoms with E-state index in [1.165, 1.54) is 6.07 Å². The van der Waals surface area contributed by atoms with Gasteiger partial charge in [0.2, 0.25) is 10.0 Å². The van der Waals surface area contributed by atoms with Gasteiger partial charge in [0.15, 0.2) is 9.84 Å². The van der Waals surface area contributed by atoms with Crippen molar-refractivity contribution in [1.29, 1.82) is 0 Å². The molecule has 0 amide bonds. The second-order valence-electron chi connectivity index (χ2n) is 5.20. The number of nitrogens with two attached hydrogens (primary N) is 1. The minimum atomic E-state index is -3.81. The van der Waals surface area contributed by atoms with Crippen molar-refractivity contribution in [2.75, 3.05) is 6.26 Å². The summed E-state index contributed by atoms with van der Waals surface area (Å²) in [5.41, 5.74) is 1.86. The molecule has 0 fully saturated rings. The monoisotopic (exact) mass is 339 g/mol. The molecule has 0 radical (unpaired) electrons. The lowest BCUT2D eigenvalue weighted by atomic mass is 10.0. The maximum atomic E-state index is 11.8. The zero-order chi connectivity index (χ0) is 16.5. The van der Waals surface area contributed by atoms with Crippen molar-refractivity contribution in [2.45, 2.75) is 23.1 Å². The summed E-state index contributed by atoms with van der Waals surface area (Å²) in [7, 11) is -7.15. The average molecular weight is 339 g/mol. The molecule has 0 aliphatic heterocycles. The van der Waals surface area contributed by atoms with Gasteiger partial charge >= 0.3 is 0 Å². The molecule has 2 rings (SSSR count). The van der Waals surface area contributed by atoms with Gasteiger partial charge in [0.05, 0.1) is 9.79 Å². The van der Waals surface area contributed by atoms with Crippen LogP contribution in [0.25, 0.3) is 0 Å². The topological polar surface area (TPSA) is 94.3 Å². The number of hydrogen-bond donors (Lipinski definition) is 1. The van der Waals surface area contributed by atoms with Gasteiger partial charge in [-0.15, -0.1) is 0 Å². The molecule has 0 aromatic heterocycles. The Balaban J connectivity index is 2.50. The molecular weight excluding hydrogens is 322 g/mol. The molecule has 0 aliphatic carbocycles. The summed E-state index contributed by atoms with van der Waals surface area (Å²) in [6.07, 6.45) is 1.46. The highest BCUT2D eigenvalue weighted by Crippen LogP contribution is 2.22. The first-order chi connectivity index (χ1) is 10.1. The molecule has 22 heavy (non-hydrogen) atoms. The first-order valence-corrected chi connectivity index (χ1v) is 9.93. The summed E-state index contributed by atoms with van der Waals surface area (Å²) in [4.78, 5) is 0.301. The molecule has 2 aromatic carbocycles. The lowest BCUT2D eigenvalue weighted by Gasteiger charge is -2.10. The molecule has 2 N–H and O–H groups in total. The van der Waals surface area contributed by atoms with Crippen molar-refractivity contribution in [2.24, 2.45) is 5.14 Å². The molecule has 0 saturated heterocycles. The Morgan fingerprint density at radius 3 is 2.18 bits per heavy atom. The highest BCUT2D eigenvalue weighted by atomic mass is 32.2. The first kappa shape index (κ1) is 16.7. The van der Waals surface area contributed by atoms with E-state index in [2.05, 4.69) is 0 Å². The largest absolute Gasteiger partial charge is 0.238 e. The van der Waals surface area contributed by atoms with Gasteiger partial charge in [0.25, 0.3) is 0 Å². The minimum Gasteiger partial charge on any atom is -0.225 e. The predicted molar refractivity (Wildman–Crippen MR) is 84.9 cm³/mol. The Labute approximate surface area is 130 Å². The van der Waals surface area contributed by atoms with E-state index in [0.29, 0.717) is 23.1 Å². The van der Waals surface area contributed by atoms with Crippen molar-refractivity contribution < 1.29 is 16.8 Å². The SMILES string of the molecule is Cc1ccc(Cc2ccccc2S(C)(=O)=O)cc1S(N)(=O)=O. The van der Waals surface area contributed by atoms with Crippen LogP contribution in [0.5, 0.6) is 0 Å². The molecule has 7 heteroatoms. The molecule has 5 nitrogen and oxygen atoms in total. The summed E-state index contributed by atoms with van der Waals surface area (Å²) in [5.74, 6) is 0. The third-order valence-corrected chi connectivity index (χ3v) is 5.58. The molecule has 118 valence electrons. The maximum absolute atomic E-state index is 11.8. The number of sulfone groups is 1. The Kier molecular flexibility index (Phi) is 4.42. The smallest absolute Gasteiger partial charge is 0.225 e. The Morgan fingerprint density at radius 1 is 0.955 bits per heavy atom. The van der Waals surface area contributed by atoms with Crippen molar-refractivity contribution in [1.82, 2.24) is 0 Å². The van der Waals surface area contributed by atoms with Crippen molar-refractivity contribution >= 4 is 19.9 Å². The number of sulfonamides is 1. The summed E-state index contributed by atoms with van der Waals surface area (Å²) in [6, 6.07) is 11.6. The van der Waals surface area contributed by atoms with Gasteiger partial charge in [0, 0.05) is 6.26 Å². The van der Waals surface area contributed by atoms with Gasteiger partial charge in [-0.05, 0) is 42.2 Å². The first-order valence-electron chi connectivity index (χ1n) is 6.49. The van der Waals surface area contributed by atoms with Gasteiger partial charge in [-0.2, -0.15) is 0 Å². The van der Waals surface area contributed by atoms with Crippen molar-refractivity contribution in [3.63, 3.8) is 0 Å². The van der Waals surface area contributed by atoms with Gasteiger partial charge < -0.3 is 0 Å². The van der Waals surface area contributed by atoms with Crippen LogP contribution in [-0.4, -0.2) is 23.1 Å². The lowest BCUT2D eigenvalue weighted by Crippen LogP contribution is -2.14. The fourth-order valence-corrected chi connectivity index (χ4v) is 4.07. The number of rotatable bonds is 4. The van der Waals surface area contributed by atoms with Crippen LogP contribution >= 0.6 is 0 Å². The van der Waals surface area contributed by atoms with Gasteiger partial charge in [-0.25, -0.2) is 22.0 Å². The molecule has 0 atom stereocenters. The standard InChI is InChI=1S/C15H17NO4S2/c1-11-7-8-12(10-15(11)22(16,19)20)9-13-5-3-4-6-14(13)21(2,17)18/h3-8,10H,9H2,1-2H3,(H2,16,19,20). The Hall–Kier alpha value is -1.70. The lowest BCUT2D eigenvalue weighted by molar-refractivity contribution is 0.596. The van der Waals surface area contributed by atoms with Crippen LogP contribution in [-0.2, 0) is 26.3 Å². The molecule has 0 bridgehead atoms. The third-order valence-electron chi connectivity index (χ3n) is 3.33. The van der Waals surface area contributed by atoms with Crippen molar-refractivity contribution in [3.05, 3.63) is 59.2 Å². The van der Waals surface area contributed by atoms with Crippen LogP contribution in [0.1, 0.15) is 16.7 Å². The van der Waals surface area contributed by atoms with E-state index in [-0.39, 0.29) is 9.79 Å². The van der Waals surface area contributed by atoms with E-state index >= 15 is 0 Å². The number of hydrogen-bond acceptors (Lipinski definition) is 4. The summed E-state index contributed by atoms with van der Waals surface area (Å²) < 4.78 is 46.7. The number of aryl methyl sites for hydroxylation is 1. The van der Waals surface area contributed by atoms with Gasteiger partial charge in [0.1, 0.15) is 0 Å². The highest BCUT2D eigenvalue weighted by molar-refractivity contribution is 7.90. The van der Waals surface area contributed by atoms with Crippen LogP contribution in [0.2, 0.25) is 0 Å². The van der Waals surface area contributed by atoms with Crippen LogP contribution in [0.15, 0.2) is 52.3 Å². The maximum Gasteiger partial charge on any atom is 0.238 e. The molecule has 0 aliphatic rings. The van der Waals surface area contributed by atoms with Gasteiger partial charge in [-0.1, -0.05) is 30.3 Å². The molecule has 2 aromatic rings. The minimum absolute atomic E-state index is 0.0573. The zero-order valence-electron chi connectivity index (χ0n) is 12.3. The van der Waals surface area contributed by atoms with Crippen molar-refractivity contribution in [3.8, 4) is 0 Å². The van der Waals surface area contributed by atoms with Crippen LogP contribution < -0.4 is 5.14 Å². The second kappa shape index (κ2) is 5.83. The van der Waals surface area contributed by atoms with E-state index in [4.69, 9.17) is 5.14 Å². The fraction of sp³-hybridized carbons (Fsp3) is 0.200. The average Bonchev–Trinajstić information content (AvgIpc) is 2.39.